The summed E-state index contributed by atoms with van der Waals surface area (Å²) in [4.78, 5) is 16.0. The fraction of sp³-hybridized carbons (Fsp3) is 0.226. The topological polar surface area (TPSA) is 29.1 Å². The molecule has 1 aliphatic rings. The number of nitrogens with zero attached hydrogens (tertiary/aromatic N) is 3. The molecule has 5 aromatic rings. The van der Waals surface area contributed by atoms with Crippen LogP contribution in [0.15, 0.2) is 75.4 Å². The Morgan fingerprint density at radius 1 is 0.951 bits per heavy atom. The molecule has 0 amide bonds. The summed E-state index contributed by atoms with van der Waals surface area (Å²) < 4.78 is 46.7. The highest BCUT2D eigenvalue weighted by Gasteiger charge is 2.33. The molecule has 0 unspecified atom stereocenters. The van der Waals surface area contributed by atoms with Crippen molar-refractivity contribution in [2.45, 2.75) is 44.9 Å². The fourth-order valence-corrected chi connectivity index (χ4v) is 8.65. The first kappa shape index (κ1) is 27.8. The van der Waals surface area contributed by atoms with Crippen molar-refractivity contribution in [3.63, 3.8) is 0 Å². The van der Waals surface area contributed by atoms with Gasteiger partial charge in [-0.1, -0.05) is 47.4 Å². The minimum atomic E-state index is -4.40. The molecule has 41 heavy (non-hydrogen) atoms. The van der Waals surface area contributed by atoms with E-state index in [2.05, 4.69) is 47.9 Å². The summed E-state index contributed by atoms with van der Waals surface area (Å²) in [6.07, 6.45) is 1.34. The van der Waals surface area contributed by atoms with E-state index in [1.807, 2.05) is 30.9 Å². The summed E-state index contributed by atoms with van der Waals surface area (Å²) in [6.45, 7) is 7.85. The zero-order chi connectivity index (χ0) is 28.9. The molecule has 0 N–H and O–H groups in total. The number of anilines is 1. The molecular weight excluding hydrogens is 584 g/mol. The summed E-state index contributed by atoms with van der Waals surface area (Å²) in [5.41, 5.74) is 1.01. The third-order valence-corrected chi connectivity index (χ3v) is 10.5. The lowest BCUT2D eigenvalue weighted by molar-refractivity contribution is -0.664. The number of fused-ring (bicyclic) bond motifs is 4. The maximum Gasteiger partial charge on any atom is 0.416 e. The number of thiazole rings is 2. The molecule has 0 saturated heterocycles. The van der Waals surface area contributed by atoms with Gasteiger partial charge in [-0.05, 0) is 68.6 Å². The largest absolute Gasteiger partial charge is 0.416 e. The van der Waals surface area contributed by atoms with Gasteiger partial charge in [-0.3, -0.25) is 9.36 Å². The number of alkyl halides is 3. The number of aryl methyl sites for hydroxylation is 1. The van der Waals surface area contributed by atoms with Crippen molar-refractivity contribution in [3.8, 4) is 0 Å². The highest BCUT2D eigenvalue weighted by molar-refractivity contribution is 8.03. The van der Waals surface area contributed by atoms with E-state index in [-0.39, 0.29) is 5.56 Å². The summed E-state index contributed by atoms with van der Waals surface area (Å²) in [6, 6.07) is 16.5. The molecule has 10 heteroatoms. The molecule has 0 spiro atoms. The van der Waals surface area contributed by atoms with E-state index < -0.39 is 11.7 Å². The quantitative estimate of drug-likeness (QED) is 0.207. The molecule has 3 aromatic carbocycles. The molecule has 0 fully saturated rings. The molecular formula is C31H27F3N3OS3+. The van der Waals surface area contributed by atoms with Crippen molar-refractivity contribution < 1.29 is 17.7 Å². The number of rotatable bonds is 5. The molecule has 0 atom stereocenters. The van der Waals surface area contributed by atoms with E-state index in [1.54, 1.807) is 22.0 Å². The summed E-state index contributed by atoms with van der Waals surface area (Å²) >= 11 is 4.56. The van der Waals surface area contributed by atoms with Crippen LogP contribution in [0.3, 0.4) is 0 Å². The van der Waals surface area contributed by atoms with Gasteiger partial charge in [-0.2, -0.15) is 17.7 Å². The minimum Gasteiger partial charge on any atom is -0.335 e. The Labute approximate surface area is 247 Å². The van der Waals surface area contributed by atoms with Crippen molar-refractivity contribution in [3.05, 3.63) is 95.8 Å². The molecule has 210 valence electrons. The van der Waals surface area contributed by atoms with Gasteiger partial charge < -0.3 is 4.90 Å². The van der Waals surface area contributed by atoms with Gasteiger partial charge in [0.2, 0.25) is 5.52 Å². The Hall–Kier alpha value is -3.34. The van der Waals surface area contributed by atoms with Gasteiger partial charge >= 0.3 is 6.18 Å². The number of halogens is 3. The maximum atomic E-state index is 13.4. The first-order valence-electron chi connectivity index (χ1n) is 13.4. The van der Waals surface area contributed by atoms with E-state index in [0.717, 1.165) is 32.2 Å². The third-order valence-electron chi connectivity index (χ3n) is 7.18. The van der Waals surface area contributed by atoms with Crippen LogP contribution in [0.2, 0.25) is 0 Å². The number of allylic oxidation sites excluding steroid dienone is 1. The van der Waals surface area contributed by atoms with Crippen molar-refractivity contribution in [1.82, 2.24) is 4.57 Å². The van der Waals surface area contributed by atoms with Gasteiger partial charge in [0.05, 0.1) is 32.3 Å². The van der Waals surface area contributed by atoms with Crippen LogP contribution in [-0.4, -0.2) is 11.1 Å². The monoisotopic (exact) mass is 610 g/mol. The first-order chi connectivity index (χ1) is 19.7. The molecule has 1 aliphatic heterocycles. The number of aromatic nitrogens is 2. The Kier molecular flexibility index (Phi) is 7.33. The molecule has 0 bridgehead atoms. The lowest BCUT2D eigenvalue weighted by Gasteiger charge is -2.18. The van der Waals surface area contributed by atoms with E-state index >= 15 is 0 Å². The van der Waals surface area contributed by atoms with Crippen molar-refractivity contribution in [2.24, 2.45) is 0 Å². The predicted octanol–water partition coefficient (Wildman–Crippen LogP) is 6.71. The Bertz CT molecular complexity index is 2020. The van der Waals surface area contributed by atoms with Crippen LogP contribution in [0.25, 0.3) is 33.1 Å². The van der Waals surface area contributed by atoms with Crippen molar-refractivity contribution in [2.75, 3.05) is 11.4 Å². The van der Waals surface area contributed by atoms with Crippen molar-refractivity contribution in [1.29, 1.82) is 0 Å². The second-order valence-electron chi connectivity index (χ2n) is 9.51. The van der Waals surface area contributed by atoms with Gasteiger partial charge in [0, 0.05) is 18.0 Å². The summed E-state index contributed by atoms with van der Waals surface area (Å²) in [5, 5.41) is 4.27. The lowest BCUT2D eigenvalue weighted by Crippen LogP contribution is -2.35. The highest BCUT2D eigenvalue weighted by Crippen LogP contribution is 2.47. The number of hydrogen-bond donors (Lipinski definition) is 0. The van der Waals surface area contributed by atoms with E-state index in [0.29, 0.717) is 23.3 Å². The van der Waals surface area contributed by atoms with Crippen LogP contribution < -0.4 is 24.2 Å². The second kappa shape index (κ2) is 10.8. The van der Waals surface area contributed by atoms with Crippen LogP contribution in [0.5, 0.6) is 0 Å². The first-order valence-corrected chi connectivity index (χ1v) is 15.8. The van der Waals surface area contributed by atoms with E-state index in [9.17, 15) is 18.0 Å². The average Bonchev–Trinajstić information content (AvgIpc) is 3.60. The Morgan fingerprint density at radius 2 is 1.76 bits per heavy atom. The summed E-state index contributed by atoms with van der Waals surface area (Å²) in [7, 11) is 0. The standard InChI is InChI=1S/C31H27F3N3OS3/c1-4-35-22-17-20(31(32,33)34)12-14-23(22)39-26(35)16-15-25-30(38)37(6-3)28(41-25)18-27-36(5-2)29-21-10-8-7-9-19(21)11-13-24(29)40-27/h7-18H,4-6H2,1-3H3/q+1. The molecule has 4 nitrogen and oxygen atoms in total. The minimum absolute atomic E-state index is 0.0712. The number of hydrogen-bond acceptors (Lipinski definition) is 5. The molecule has 0 aliphatic carbocycles. The SMILES string of the molecule is CCN1C(=CC=c2sc(=Cc3sc4ccc5ccccc5c4[n+]3CC)n(CC)c2=O)Sc2ccc(C(F)(F)F)cc21. The van der Waals surface area contributed by atoms with Gasteiger partial charge in [-0.25, -0.2) is 0 Å². The highest BCUT2D eigenvalue weighted by atomic mass is 32.2. The van der Waals surface area contributed by atoms with Crippen molar-refractivity contribution >= 4 is 73.3 Å². The van der Waals surface area contributed by atoms with Gasteiger partial charge in [0.15, 0.2) is 0 Å². The number of benzene rings is 3. The lowest BCUT2D eigenvalue weighted by atomic mass is 10.1. The molecule has 2 aromatic heterocycles. The van der Waals surface area contributed by atoms with E-state index in [4.69, 9.17) is 0 Å². The fourth-order valence-electron chi connectivity index (χ4n) is 5.23. The predicted molar refractivity (Wildman–Crippen MR) is 165 cm³/mol. The third kappa shape index (κ3) is 4.91. The molecule has 6 rings (SSSR count). The smallest absolute Gasteiger partial charge is 0.335 e. The van der Waals surface area contributed by atoms with Crippen LogP contribution in [0, 0.1) is 0 Å². The Morgan fingerprint density at radius 3 is 2.49 bits per heavy atom. The summed E-state index contributed by atoms with van der Waals surface area (Å²) in [5.74, 6) is 0. The maximum absolute atomic E-state index is 13.4. The van der Waals surface area contributed by atoms with Crippen LogP contribution in [-0.2, 0) is 19.3 Å². The molecule has 0 saturated carbocycles. The van der Waals surface area contributed by atoms with Crippen LogP contribution >= 0.6 is 34.4 Å². The van der Waals surface area contributed by atoms with Gasteiger partial charge in [0.25, 0.3) is 10.6 Å². The van der Waals surface area contributed by atoms with Gasteiger partial charge in [-0.15, -0.1) is 11.3 Å². The molecule has 0 radical (unpaired) electrons. The van der Waals surface area contributed by atoms with Crippen LogP contribution in [0.1, 0.15) is 31.3 Å². The zero-order valence-electron chi connectivity index (χ0n) is 22.7. The van der Waals surface area contributed by atoms with Crippen LogP contribution in [0.4, 0.5) is 18.9 Å². The number of thioether (sulfide) groups is 1. The Balaban J connectivity index is 1.44. The average molecular weight is 611 g/mol. The normalized spacial score (nSPS) is 15.7. The second-order valence-corrected chi connectivity index (χ2v) is 12.7. The molecule has 3 heterocycles. The van der Waals surface area contributed by atoms with E-state index in [1.165, 1.54) is 56.2 Å². The zero-order valence-corrected chi connectivity index (χ0v) is 25.1. The van der Waals surface area contributed by atoms with Gasteiger partial charge in [0.1, 0.15) is 15.9 Å².